The summed E-state index contributed by atoms with van der Waals surface area (Å²) in [5, 5.41) is 4.90. The van der Waals surface area contributed by atoms with Crippen molar-refractivity contribution in [3.63, 3.8) is 0 Å². The van der Waals surface area contributed by atoms with Crippen molar-refractivity contribution in [2.45, 2.75) is 11.3 Å². The second kappa shape index (κ2) is 4.73. The van der Waals surface area contributed by atoms with Crippen molar-refractivity contribution in [2.24, 2.45) is 5.73 Å². The molecule has 1 fully saturated rings. The summed E-state index contributed by atoms with van der Waals surface area (Å²) in [7, 11) is 0. The van der Waals surface area contributed by atoms with Crippen LogP contribution in [0.4, 0.5) is 0 Å². The zero-order chi connectivity index (χ0) is 9.10. The van der Waals surface area contributed by atoms with Crippen LogP contribution in [0.15, 0.2) is 16.8 Å². The zero-order valence-electron chi connectivity index (χ0n) is 7.31. The summed E-state index contributed by atoms with van der Waals surface area (Å²) in [6, 6.07) is 2.39. The van der Waals surface area contributed by atoms with E-state index < -0.39 is 0 Å². The lowest BCUT2D eigenvalue weighted by atomic mass is 10.1. The van der Waals surface area contributed by atoms with E-state index in [2.05, 4.69) is 16.8 Å². The summed E-state index contributed by atoms with van der Waals surface area (Å²) in [6.45, 7) is 0. The van der Waals surface area contributed by atoms with Crippen LogP contribution in [0.5, 0.6) is 0 Å². The van der Waals surface area contributed by atoms with Crippen LogP contribution >= 0.6 is 34.9 Å². The standard InChI is InChI=1S/C9H13NS3/c10-9(7-1-2-11-5-7)8-6-12-3-4-13-8/h1-2,5,8-9H,3-4,6,10H2. The maximum absolute atomic E-state index is 6.19. The number of thioether (sulfide) groups is 2. The number of nitrogens with two attached hydrogens (primary N) is 1. The molecule has 1 saturated heterocycles. The third-order valence-corrected chi connectivity index (χ3v) is 5.76. The summed E-state index contributed by atoms with van der Waals surface area (Å²) in [5.74, 6) is 3.76. The normalized spacial score (nSPS) is 25.8. The highest BCUT2D eigenvalue weighted by molar-refractivity contribution is 8.06. The average molecular weight is 231 g/mol. The highest BCUT2D eigenvalue weighted by Crippen LogP contribution is 2.32. The first-order valence-electron chi connectivity index (χ1n) is 4.35. The quantitative estimate of drug-likeness (QED) is 0.847. The van der Waals surface area contributed by atoms with Gasteiger partial charge in [-0.15, -0.1) is 0 Å². The van der Waals surface area contributed by atoms with Crippen LogP contribution in [0.2, 0.25) is 0 Å². The Morgan fingerprint density at radius 1 is 1.46 bits per heavy atom. The van der Waals surface area contributed by atoms with E-state index in [1.54, 1.807) is 11.3 Å². The van der Waals surface area contributed by atoms with Gasteiger partial charge in [0.25, 0.3) is 0 Å². The SMILES string of the molecule is NC(c1ccsc1)C1CSCCS1. The first-order chi connectivity index (χ1) is 6.38. The molecule has 0 bridgehead atoms. The lowest BCUT2D eigenvalue weighted by molar-refractivity contribution is 0.723. The topological polar surface area (TPSA) is 26.0 Å². The summed E-state index contributed by atoms with van der Waals surface area (Å²) < 4.78 is 0. The Bertz CT molecular complexity index is 241. The van der Waals surface area contributed by atoms with Crippen LogP contribution in [0.3, 0.4) is 0 Å². The highest BCUT2D eigenvalue weighted by Gasteiger charge is 2.22. The summed E-state index contributed by atoms with van der Waals surface area (Å²) in [5.41, 5.74) is 7.50. The molecule has 2 heterocycles. The first-order valence-corrected chi connectivity index (χ1v) is 7.49. The Morgan fingerprint density at radius 3 is 3.00 bits per heavy atom. The Labute approximate surface area is 91.5 Å². The van der Waals surface area contributed by atoms with Crippen molar-refractivity contribution in [1.82, 2.24) is 0 Å². The molecule has 0 aliphatic carbocycles. The third-order valence-electron chi connectivity index (χ3n) is 2.17. The van der Waals surface area contributed by atoms with Gasteiger partial charge in [-0.1, -0.05) is 0 Å². The Hall–Kier alpha value is 0.360. The van der Waals surface area contributed by atoms with Crippen molar-refractivity contribution in [3.05, 3.63) is 22.4 Å². The van der Waals surface area contributed by atoms with Gasteiger partial charge in [0, 0.05) is 28.6 Å². The van der Waals surface area contributed by atoms with Crippen molar-refractivity contribution >= 4 is 34.9 Å². The van der Waals surface area contributed by atoms with Crippen LogP contribution in [0.25, 0.3) is 0 Å². The van der Waals surface area contributed by atoms with Gasteiger partial charge in [-0.05, 0) is 22.4 Å². The summed E-state index contributed by atoms with van der Waals surface area (Å²) in [4.78, 5) is 0. The first kappa shape index (κ1) is 9.90. The molecule has 72 valence electrons. The lowest BCUT2D eigenvalue weighted by Gasteiger charge is -2.26. The van der Waals surface area contributed by atoms with Gasteiger partial charge in [0.2, 0.25) is 0 Å². The monoisotopic (exact) mass is 231 g/mol. The largest absolute Gasteiger partial charge is 0.323 e. The molecule has 0 radical (unpaired) electrons. The van der Waals surface area contributed by atoms with E-state index in [0.29, 0.717) is 5.25 Å². The minimum Gasteiger partial charge on any atom is -0.323 e. The number of hydrogen-bond donors (Lipinski definition) is 1. The minimum absolute atomic E-state index is 0.240. The van der Waals surface area contributed by atoms with Crippen molar-refractivity contribution in [2.75, 3.05) is 17.3 Å². The third kappa shape index (κ3) is 2.43. The molecule has 2 rings (SSSR count). The van der Waals surface area contributed by atoms with E-state index in [4.69, 9.17) is 5.73 Å². The molecule has 1 aliphatic rings. The molecular weight excluding hydrogens is 218 g/mol. The predicted molar refractivity (Wildman–Crippen MR) is 64.8 cm³/mol. The molecule has 1 aromatic rings. The summed E-state index contributed by atoms with van der Waals surface area (Å²) in [6.07, 6.45) is 0. The van der Waals surface area contributed by atoms with Gasteiger partial charge in [-0.25, -0.2) is 0 Å². The fourth-order valence-corrected chi connectivity index (χ4v) is 4.90. The number of rotatable bonds is 2. The van der Waals surface area contributed by atoms with Gasteiger partial charge < -0.3 is 5.73 Å². The molecule has 1 aliphatic heterocycles. The van der Waals surface area contributed by atoms with E-state index in [1.807, 2.05) is 23.5 Å². The molecule has 4 heteroatoms. The van der Waals surface area contributed by atoms with Crippen molar-refractivity contribution < 1.29 is 0 Å². The molecule has 0 spiro atoms. The maximum Gasteiger partial charge on any atom is 0.0431 e. The van der Waals surface area contributed by atoms with Gasteiger partial charge >= 0.3 is 0 Å². The summed E-state index contributed by atoms with van der Waals surface area (Å²) >= 11 is 5.80. The maximum atomic E-state index is 6.19. The molecule has 0 amide bonds. The second-order valence-electron chi connectivity index (χ2n) is 3.07. The molecule has 1 nitrogen and oxygen atoms in total. The lowest BCUT2D eigenvalue weighted by Crippen LogP contribution is -2.28. The van der Waals surface area contributed by atoms with Crippen LogP contribution in [0.1, 0.15) is 11.6 Å². The van der Waals surface area contributed by atoms with E-state index >= 15 is 0 Å². The molecule has 2 atom stereocenters. The van der Waals surface area contributed by atoms with Crippen molar-refractivity contribution in [1.29, 1.82) is 0 Å². The fourth-order valence-electron chi connectivity index (χ4n) is 1.39. The van der Waals surface area contributed by atoms with Crippen LogP contribution in [-0.2, 0) is 0 Å². The van der Waals surface area contributed by atoms with Crippen LogP contribution in [0, 0.1) is 0 Å². The molecule has 1 aromatic heterocycles. The Morgan fingerprint density at radius 2 is 2.38 bits per heavy atom. The van der Waals surface area contributed by atoms with Crippen LogP contribution in [-0.4, -0.2) is 22.5 Å². The smallest absolute Gasteiger partial charge is 0.0431 e. The predicted octanol–water partition coefficient (Wildman–Crippen LogP) is 2.60. The van der Waals surface area contributed by atoms with Gasteiger partial charge in [-0.2, -0.15) is 34.9 Å². The van der Waals surface area contributed by atoms with Gasteiger partial charge in [-0.3, -0.25) is 0 Å². The fraction of sp³-hybridized carbons (Fsp3) is 0.556. The molecule has 0 aromatic carbocycles. The molecule has 2 N–H and O–H groups in total. The van der Waals surface area contributed by atoms with E-state index in [0.717, 1.165) is 0 Å². The molecule has 0 saturated carbocycles. The average Bonchev–Trinajstić information content (AvgIpc) is 2.71. The van der Waals surface area contributed by atoms with E-state index in [1.165, 1.54) is 22.8 Å². The zero-order valence-corrected chi connectivity index (χ0v) is 9.76. The van der Waals surface area contributed by atoms with Crippen molar-refractivity contribution in [3.8, 4) is 0 Å². The van der Waals surface area contributed by atoms with Gasteiger partial charge in [0.05, 0.1) is 0 Å². The van der Waals surface area contributed by atoms with Crippen LogP contribution < -0.4 is 5.73 Å². The van der Waals surface area contributed by atoms with E-state index in [9.17, 15) is 0 Å². The minimum atomic E-state index is 0.240. The Balaban J connectivity index is 1.99. The number of hydrogen-bond acceptors (Lipinski definition) is 4. The van der Waals surface area contributed by atoms with E-state index in [-0.39, 0.29) is 6.04 Å². The molecular formula is C9H13NS3. The second-order valence-corrected chi connectivity index (χ2v) is 6.34. The number of thiophene rings is 1. The molecule has 13 heavy (non-hydrogen) atoms. The molecule has 2 unspecified atom stereocenters. The van der Waals surface area contributed by atoms with Gasteiger partial charge in [0.1, 0.15) is 0 Å². The highest BCUT2D eigenvalue weighted by atomic mass is 32.2. The van der Waals surface area contributed by atoms with Gasteiger partial charge in [0.15, 0.2) is 0 Å². The Kier molecular flexibility index (Phi) is 3.60.